The topological polar surface area (TPSA) is 89.8 Å². The number of amides is 1. The SMILES string of the molecule is O=C(CCCC1CCCCC1)NC(CO)(CO)CO. The maximum atomic E-state index is 11.7. The number of nitrogens with one attached hydrogen (secondary N) is 1. The number of hydrogen-bond acceptors (Lipinski definition) is 4. The van der Waals surface area contributed by atoms with Crippen molar-refractivity contribution in [3.63, 3.8) is 0 Å². The average Bonchev–Trinajstić information content (AvgIpc) is 2.46. The first-order valence-corrected chi connectivity index (χ1v) is 7.29. The molecule has 0 radical (unpaired) electrons. The lowest BCUT2D eigenvalue weighted by molar-refractivity contribution is -0.125. The number of aliphatic hydroxyl groups excluding tert-OH is 3. The third-order valence-corrected chi connectivity index (χ3v) is 4.05. The van der Waals surface area contributed by atoms with Gasteiger partial charge in [-0.1, -0.05) is 32.1 Å². The van der Waals surface area contributed by atoms with Gasteiger partial charge in [-0.05, 0) is 18.8 Å². The van der Waals surface area contributed by atoms with E-state index in [0.717, 1.165) is 18.8 Å². The molecule has 0 atom stereocenters. The van der Waals surface area contributed by atoms with E-state index in [2.05, 4.69) is 5.32 Å². The lowest BCUT2D eigenvalue weighted by Crippen LogP contribution is -2.57. The molecule has 1 aliphatic carbocycles. The standard InChI is InChI=1S/C14H27NO4/c16-9-14(10-17,11-18)15-13(19)8-4-7-12-5-2-1-3-6-12/h12,16-18H,1-11H2,(H,15,19). The molecule has 0 saturated heterocycles. The molecule has 0 aromatic rings. The summed E-state index contributed by atoms with van der Waals surface area (Å²) in [5.41, 5.74) is -1.29. The molecule has 5 heteroatoms. The number of hydrogen-bond donors (Lipinski definition) is 4. The van der Waals surface area contributed by atoms with E-state index in [0.29, 0.717) is 6.42 Å². The molecule has 0 aromatic heterocycles. The molecular weight excluding hydrogens is 246 g/mol. The van der Waals surface area contributed by atoms with E-state index in [9.17, 15) is 4.79 Å². The van der Waals surface area contributed by atoms with Gasteiger partial charge in [0.1, 0.15) is 5.54 Å². The number of carbonyl (C=O) groups is 1. The first kappa shape index (κ1) is 16.4. The smallest absolute Gasteiger partial charge is 0.220 e. The van der Waals surface area contributed by atoms with E-state index in [4.69, 9.17) is 15.3 Å². The zero-order valence-corrected chi connectivity index (χ0v) is 11.6. The minimum absolute atomic E-state index is 0.215. The van der Waals surface area contributed by atoms with Crippen molar-refractivity contribution in [2.45, 2.75) is 56.9 Å². The highest BCUT2D eigenvalue weighted by Gasteiger charge is 2.29. The van der Waals surface area contributed by atoms with Crippen molar-refractivity contribution in [2.75, 3.05) is 19.8 Å². The first-order valence-electron chi connectivity index (χ1n) is 7.29. The zero-order chi connectivity index (χ0) is 14.1. The van der Waals surface area contributed by atoms with Crippen LogP contribution >= 0.6 is 0 Å². The van der Waals surface area contributed by atoms with Crippen molar-refractivity contribution in [1.29, 1.82) is 0 Å². The fraction of sp³-hybridized carbons (Fsp3) is 0.929. The first-order chi connectivity index (χ1) is 9.15. The molecule has 19 heavy (non-hydrogen) atoms. The third kappa shape index (κ3) is 5.47. The van der Waals surface area contributed by atoms with Crippen molar-refractivity contribution in [1.82, 2.24) is 5.32 Å². The Kier molecular flexibility index (Phi) is 7.34. The highest BCUT2D eigenvalue weighted by Crippen LogP contribution is 2.27. The molecule has 1 aliphatic rings. The van der Waals surface area contributed by atoms with E-state index >= 15 is 0 Å². The molecule has 0 unspecified atom stereocenters. The summed E-state index contributed by atoms with van der Waals surface area (Å²) in [5, 5.41) is 29.9. The van der Waals surface area contributed by atoms with Gasteiger partial charge in [0.2, 0.25) is 5.91 Å². The Morgan fingerprint density at radius 3 is 2.16 bits per heavy atom. The van der Waals surface area contributed by atoms with E-state index in [1.165, 1.54) is 32.1 Å². The van der Waals surface area contributed by atoms with Crippen LogP contribution in [-0.4, -0.2) is 46.6 Å². The van der Waals surface area contributed by atoms with Crippen LogP contribution in [0, 0.1) is 5.92 Å². The van der Waals surface area contributed by atoms with Crippen LogP contribution in [0.5, 0.6) is 0 Å². The van der Waals surface area contributed by atoms with Gasteiger partial charge in [-0.25, -0.2) is 0 Å². The number of aliphatic hydroxyl groups is 3. The molecule has 0 aromatic carbocycles. The Balaban J connectivity index is 2.23. The van der Waals surface area contributed by atoms with Crippen LogP contribution in [-0.2, 0) is 4.79 Å². The van der Waals surface area contributed by atoms with E-state index in [-0.39, 0.29) is 5.91 Å². The molecule has 1 rings (SSSR count). The van der Waals surface area contributed by atoms with E-state index < -0.39 is 25.4 Å². The molecule has 4 N–H and O–H groups in total. The van der Waals surface area contributed by atoms with Gasteiger partial charge in [-0.15, -0.1) is 0 Å². The molecule has 0 spiro atoms. The highest BCUT2D eigenvalue weighted by molar-refractivity contribution is 5.76. The lowest BCUT2D eigenvalue weighted by Gasteiger charge is -2.28. The Hall–Kier alpha value is -0.650. The van der Waals surface area contributed by atoms with Crippen molar-refractivity contribution in [3.05, 3.63) is 0 Å². The molecular formula is C14H27NO4. The van der Waals surface area contributed by atoms with E-state index in [1.54, 1.807) is 0 Å². The van der Waals surface area contributed by atoms with Gasteiger partial charge in [-0.2, -0.15) is 0 Å². The third-order valence-electron chi connectivity index (χ3n) is 4.05. The van der Waals surface area contributed by atoms with E-state index in [1.807, 2.05) is 0 Å². The van der Waals surface area contributed by atoms with Gasteiger partial charge >= 0.3 is 0 Å². The quantitative estimate of drug-likeness (QED) is 0.520. The minimum Gasteiger partial charge on any atom is -0.394 e. The van der Waals surface area contributed by atoms with Crippen LogP contribution in [0.15, 0.2) is 0 Å². The normalized spacial score (nSPS) is 17.4. The monoisotopic (exact) mass is 273 g/mol. The summed E-state index contributed by atoms with van der Waals surface area (Å²) in [6.45, 7) is -1.39. The van der Waals surface area contributed by atoms with Gasteiger partial charge < -0.3 is 20.6 Å². The molecule has 0 aliphatic heterocycles. The van der Waals surface area contributed by atoms with Crippen molar-refractivity contribution >= 4 is 5.91 Å². The second-order valence-corrected chi connectivity index (χ2v) is 5.70. The second-order valence-electron chi connectivity index (χ2n) is 5.70. The van der Waals surface area contributed by atoms with Crippen LogP contribution in [0.1, 0.15) is 51.4 Å². The average molecular weight is 273 g/mol. The fourth-order valence-corrected chi connectivity index (χ4v) is 2.65. The predicted molar refractivity (Wildman–Crippen MR) is 72.6 cm³/mol. The number of carbonyl (C=O) groups excluding carboxylic acids is 1. The van der Waals surface area contributed by atoms with Crippen LogP contribution in [0.2, 0.25) is 0 Å². The number of rotatable bonds is 8. The summed E-state index contributed by atoms with van der Waals surface area (Å²) in [6, 6.07) is 0. The largest absolute Gasteiger partial charge is 0.394 e. The van der Waals surface area contributed by atoms with Gasteiger partial charge in [0.15, 0.2) is 0 Å². The van der Waals surface area contributed by atoms with Gasteiger partial charge in [0.25, 0.3) is 0 Å². The van der Waals surface area contributed by atoms with Gasteiger partial charge in [0.05, 0.1) is 19.8 Å². The van der Waals surface area contributed by atoms with Crippen LogP contribution in [0.4, 0.5) is 0 Å². The minimum atomic E-state index is -1.29. The maximum absolute atomic E-state index is 11.7. The van der Waals surface area contributed by atoms with Crippen LogP contribution in [0.25, 0.3) is 0 Å². The molecule has 5 nitrogen and oxygen atoms in total. The van der Waals surface area contributed by atoms with Crippen molar-refractivity contribution in [3.8, 4) is 0 Å². The predicted octanol–water partition coefficient (Wildman–Crippen LogP) is 0.569. The molecule has 1 saturated carbocycles. The fourth-order valence-electron chi connectivity index (χ4n) is 2.65. The summed E-state index contributed by atoms with van der Waals surface area (Å²) < 4.78 is 0. The van der Waals surface area contributed by atoms with Crippen LogP contribution in [0.3, 0.4) is 0 Å². The Bertz CT molecular complexity index is 252. The Morgan fingerprint density at radius 2 is 1.63 bits per heavy atom. The van der Waals surface area contributed by atoms with Crippen molar-refractivity contribution in [2.24, 2.45) is 5.92 Å². The summed E-state index contributed by atoms with van der Waals surface area (Å²) in [4.78, 5) is 11.7. The zero-order valence-electron chi connectivity index (χ0n) is 11.6. The van der Waals surface area contributed by atoms with Gasteiger partial charge in [0, 0.05) is 6.42 Å². The summed E-state index contributed by atoms with van der Waals surface area (Å²) in [6.07, 6.45) is 8.78. The second kappa shape index (κ2) is 8.51. The molecule has 0 heterocycles. The van der Waals surface area contributed by atoms with Crippen molar-refractivity contribution < 1.29 is 20.1 Å². The van der Waals surface area contributed by atoms with Crippen LogP contribution < -0.4 is 5.32 Å². The lowest BCUT2D eigenvalue weighted by atomic mass is 9.86. The maximum Gasteiger partial charge on any atom is 0.220 e. The molecule has 1 amide bonds. The highest BCUT2D eigenvalue weighted by atomic mass is 16.3. The Morgan fingerprint density at radius 1 is 1.05 bits per heavy atom. The summed E-state index contributed by atoms with van der Waals surface area (Å²) >= 11 is 0. The molecule has 112 valence electrons. The molecule has 1 fully saturated rings. The Labute approximate surface area is 115 Å². The molecule has 0 bridgehead atoms. The summed E-state index contributed by atoms with van der Waals surface area (Å²) in [7, 11) is 0. The van der Waals surface area contributed by atoms with Gasteiger partial charge in [-0.3, -0.25) is 4.79 Å². The summed E-state index contributed by atoms with van der Waals surface area (Å²) in [5.74, 6) is 0.535.